The fraction of sp³-hybridized carbons (Fsp3) is 0.333. The highest BCUT2D eigenvalue weighted by Crippen LogP contribution is 2.21. The summed E-state index contributed by atoms with van der Waals surface area (Å²) in [5, 5.41) is 3.81. The lowest BCUT2D eigenvalue weighted by Crippen LogP contribution is -2.18. The molecule has 0 aliphatic heterocycles. The van der Waals surface area contributed by atoms with Crippen LogP contribution in [0.15, 0.2) is 28.8 Å². The quantitative estimate of drug-likeness (QED) is 0.887. The van der Waals surface area contributed by atoms with Gasteiger partial charge in [-0.25, -0.2) is 4.39 Å². The highest BCUT2D eigenvalue weighted by molar-refractivity contribution is 5.52. The van der Waals surface area contributed by atoms with Crippen LogP contribution in [0.4, 0.5) is 4.39 Å². The Balaban J connectivity index is 2.30. The predicted molar refractivity (Wildman–Crippen MR) is 61.5 cm³/mol. The van der Waals surface area contributed by atoms with Crippen LogP contribution in [0.2, 0.25) is 0 Å². The van der Waals surface area contributed by atoms with Crippen LogP contribution in [0.3, 0.4) is 0 Å². The molecule has 1 heterocycles. The Kier molecular flexibility index (Phi) is 3.19. The van der Waals surface area contributed by atoms with Crippen molar-refractivity contribution in [3.8, 4) is 11.5 Å². The largest absolute Gasteiger partial charge is 0.334 e. The van der Waals surface area contributed by atoms with Gasteiger partial charge in [0.05, 0.1) is 6.04 Å². The van der Waals surface area contributed by atoms with Crippen molar-refractivity contribution in [2.75, 3.05) is 0 Å². The Morgan fingerprint density at radius 3 is 2.76 bits per heavy atom. The maximum absolute atomic E-state index is 13.0. The molecule has 0 aliphatic rings. The van der Waals surface area contributed by atoms with E-state index in [2.05, 4.69) is 10.1 Å². The molecular formula is C12H14FN3O. The van der Waals surface area contributed by atoms with E-state index >= 15 is 0 Å². The van der Waals surface area contributed by atoms with E-state index in [4.69, 9.17) is 10.3 Å². The fourth-order valence-corrected chi connectivity index (χ4v) is 1.41. The average Bonchev–Trinajstić information content (AvgIpc) is 2.77. The number of halogens is 1. The maximum Gasteiger partial charge on any atom is 0.258 e. The summed E-state index contributed by atoms with van der Waals surface area (Å²) in [5.41, 5.74) is 6.46. The zero-order valence-electron chi connectivity index (χ0n) is 9.72. The summed E-state index contributed by atoms with van der Waals surface area (Å²) in [6.45, 7) is 3.95. The monoisotopic (exact) mass is 235 g/mol. The minimum Gasteiger partial charge on any atom is -0.334 e. The van der Waals surface area contributed by atoms with Gasteiger partial charge in [0.15, 0.2) is 5.82 Å². The first-order valence-electron chi connectivity index (χ1n) is 5.43. The van der Waals surface area contributed by atoms with Crippen LogP contribution in [0, 0.1) is 11.7 Å². The van der Waals surface area contributed by atoms with Crippen LogP contribution in [0.5, 0.6) is 0 Å². The van der Waals surface area contributed by atoms with Gasteiger partial charge in [-0.2, -0.15) is 4.98 Å². The summed E-state index contributed by atoms with van der Waals surface area (Å²) < 4.78 is 18.1. The number of rotatable bonds is 3. The highest BCUT2D eigenvalue weighted by Gasteiger charge is 2.18. The molecule has 1 unspecified atom stereocenters. The number of hydrogen-bond acceptors (Lipinski definition) is 4. The number of nitrogens with zero attached hydrogens (tertiary/aromatic N) is 2. The summed E-state index contributed by atoms with van der Waals surface area (Å²) in [4.78, 5) is 4.17. The molecule has 0 saturated heterocycles. The van der Waals surface area contributed by atoms with E-state index in [1.165, 1.54) is 12.1 Å². The van der Waals surface area contributed by atoms with Gasteiger partial charge in [0.1, 0.15) is 5.82 Å². The van der Waals surface area contributed by atoms with Gasteiger partial charge in [0.2, 0.25) is 0 Å². The van der Waals surface area contributed by atoms with Crippen molar-refractivity contribution < 1.29 is 8.91 Å². The Morgan fingerprint density at radius 2 is 2.12 bits per heavy atom. The maximum atomic E-state index is 13.0. The van der Waals surface area contributed by atoms with Gasteiger partial charge in [-0.15, -0.1) is 0 Å². The molecule has 17 heavy (non-hydrogen) atoms. The molecule has 1 aromatic carbocycles. The van der Waals surface area contributed by atoms with Gasteiger partial charge in [-0.05, 0) is 24.1 Å². The van der Waals surface area contributed by atoms with Gasteiger partial charge in [-0.3, -0.25) is 0 Å². The van der Waals surface area contributed by atoms with E-state index in [9.17, 15) is 4.39 Å². The van der Waals surface area contributed by atoms with Crippen LogP contribution >= 0.6 is 0 Å². The lowest BCUT2D eigenvalue weighted by Gasteiger charge is -2.09. The van der Waals surface area contributed by atoms with Crippen molar-refractivity contribution in [1.29, 1.82) is 0 Å². The molecule has 5 heteroatoms. The second kappa shape index (κ2) is 4.63. The Morgan fingerprint density at radius 1 is 1.35 bits per heavy atom. The molecule has 0 radical (unpaired) electrons. The van der Waals surface area contributed by atoms with Crippen LogP contribution < -0.4 is 5.73 Å². The third-order valence-corrected chi connectivity index (χ3v) is 2.53. The predicted octanol–water partition coefficient (Wildman–Crippen LogP) is 2.53. The Labute approximate surface area is 98.6 Å². The topological polar surface area (TPSA) is 64.9 Å². The molecule has 4 nitrogen and oxygen atoms in total. The number of aromatic nitrogens is 2. The number of benzene rings is 1. The minimum atomic E-state index is -0.338. The van der Waals surface area contributed by atoms with E-state index in [0.717, 1.165) is 0 Å². The third kappa shape index (κ3) is 2.50. The summed E-state index contributed by atoms with van der Waals surface area (Å²) in [6.07, 6.45) is 0. The SMILES string of the molecule is CC(C)C(N)c1noc(-c2cccc(F)c2)n1. The van der Waals surface area contributed by atoms with E-state index in [-0.39, 0.29) is 23.7 Å². The molecule has 2 aromatic rings. The lowest BCUT2D eigenvalue weighted by atomic mass is 10.1. The summed E-state index contributed by atoms with van der Waals surface area (Å²) in [7, 11) is 0. The van der Waals surface area contributed by atoms with Crippen molar-refractivity contribution in [3.05, 3.63) is 35.9 Å². The molecule has 0 bridgehead atoms. The van der Waals surface area contributed by atoms with Crippen LogP contribution in [-0.4, -0.2) is 10.1 Å². The Bertz CT molecular complexity index is 510. The van der Waals surface area contributed by atoms with Crippen molar-refractivity contribution >= 4 is 0 Å². The van der Waals surface area contributed by atoms with Gasteiger partial charge in [0, 0.05) is 5.56 Å². The van der Waals surface area contributed by atoms with Crippen molar-refractivity contribution in [3.63, 3.8) is 0 Å². The first-order valence-corrected chi connectivity index (χ1v) is 5.43. The van der Waals surface area contributed by atoms with Crippen LogP contribution in [0.1, 0.15) is 25.7 Å². The first-order chi connectivity index (χ1) is 8.08. The summed E-state index contributed by atoms with van der Waals surface area (Å²) >= 11 is 0. The molecule has 0 amide bonds. The van der Waals surface area contributed by atoms with Gasteiger partial charge in [0.25, 0.3) is 5.89 Å². The normalized spacial score (nSPS) is 13.0. The van der Waals surface area contributed by atoms with Crippen LogP contribution in [0.25, 0.3) is 11.5 Å². The standard InChI is InChI=1S/C12H14FN3O/c1-7(2)10(14)11-15-12(17-16-11)8-4-3-5-9(13)6-8/h3-7,10H,14H2,1-2H3. The summed E-state index contributed by atoms with van der Waals surface area (Å²) in [6, 6.07) is 5.73. The second-order valence-electron chi connectivity index (χ2n) is 4.24. The molecule has 0 fully saturated rings. The number of nitrogens with two attached hydrogens (primary N) is 1. The van der Waals surface area contributed by atoms with Crippen molar-refractivity contribution in [2.24, 2.45) is 11.7 Å². The molecule has 0 saturated carbocycles. The van der Waals surface area contributed by atoms with Gasteiger partial charge >= 0.3 is 0 Å². The molecule has 0 aliphatic carbocycles. The zero-order valence-corrected chi connectivity index (χ0v) is 9.72. The van der Waals surface area contributed by atoms with Gasteiger partial charge in [-0.1, -0.05) is 25.1 Å². The zero-order chi connectivity index (χ0) is 12.4. The molecule has 1 aromatic heterocycles. The molecule has 2 rings (SSSR count). The molecule has 90 valence electrons. The van der Waals surface area contributed by atoms with Gasteiger partial charge < -0.3 is 10.3 Å². The molecule has 2 N–H and O–H groups in total. The Hall–Kier alpha value is -1.75. The minimum absolute atomic E-state index is 0.216. The summed E-state index contributed by atoms with van der Waals surface area (Å²) in [5.74, 6) is 0.609. The smallest absolute Gasteiger partial charge is 0.258 e. The molecular weight excluding hydrogens is 221 g/mol. The van der Waals surface area contributed by atoms with Crippen LogP contribution in [-0.2, 0) is 0 Å². The first kappa shape index (κ1) is 11.7. The average molecular weight is 235 g/mol. The number of hydrogen-bond donors (Lipinski definition) is 1. The molecule has 0 spiro atoms. The van der Waals surface area contributed by atoms with E-state index < -0.39 is 0 Å². The van der Waals surface area contributed by atoms with Crippen molar-refractivity contribution in [1.82, 2.24) is 10.1 Å². The third-order valence-electron chi connectivity index (χ3n) is 2.53. The lowest BCUT2D eigenvalue weighted by molar-refractivity contribution is 0.400. The van der Waals surface area contributed by atoms with E-state index in [1.807, 2.05) is 13.8 Å². The fourth-order valence-electron chi connectivity index (χ4n) is 1.41. The molecule has 1 atom stereocenters. The second-order valence-corrected chi connectivity index (χ2v) is 4.24. The van der Waals surface area contributed by atoms with Crippen molar-refractivity contribution in [2.45, 2.75) is 19.9 Å². The highest BCUT2D eigenvalue weighted by atomic mass is 19.1. The van der Waals surface area contributed by atoms with E-state index in [0.29, 0.717) is 11.4 Å². The van der Waals surface area contributed by atoms with E-state index in [1.54, 1.807) is 12.1 Å².